The predicted molar refractivity (Wildman–Crippen MR) is 113 cm³/mol. The Kier molecular flexibility index (Phi) is 4.88. The lowest BCUT2D eigenvalue weighted by molar-refractivity contribution is 0.0670. The van der Waals surface area contributed by atoms with Crippen molar-refractivity contribution in [2.24, 2.45) is 0 Å². The van der Waals surface area contributed by atoms with E-state index in [2.05, 4.69) is 27.2 Å². The van der Waals surface area contributed by atoms with Gasteiger partial charge >= 0.3 is 0 Å². The van der Waals surface area contributed by atoms with Gasteiger partial charge in [-0.1, -0.05) is 30.3 Å². The zero-order valence-electron chi connectivity index (χ0n) is 16.2. The number of likely N-dealkylation sites (tertiary alicyclic amines) is 1. The van der Waals surface area contributed by atoms with Gasteiger partial charge in [-0.05, 0) is 18.4 Å². The number of piperidine rings is 1. The van der Waals surface area contributed by atoms with Crippen molar-refractivity contribution in [2.45, 2.75) is 25.3 Å². The molecule has 9 heteroatoms. The zero-order valence-corrected chi connectivity index (χ0v) is 17.0. The van der Waals surface area contributed by atoms with Crippen LogP contribution in [0.1, 0.15) is 39.7 Å². The summed E-state index contributed by atoms with van der Waals surface area (Å²) >= 11 is 1.47. The fourth-order valence-electron chi connectivity index (χ4n) is 3.89. The maximum Gasteiger partial charge on any atom is 0.271 e. The maximum atomic E-state index is 13.1. The van der Waals surface area contributed by atoms with Crippen LogP contribution >= 0.6 is 11.3 Å². The molecule has 4 aromatic rings. The Hall–Kier alpha value is -3.33. The number of rotatable bonds is 4. The van der Waals surface area contributed by atoms with E-state index in [1.807, 2.05) is 18.2 Å². The van der Waals surface area contributed by atoms with Gasteiger partial charge in [0, 0.05) is 36.8 Å². The predicted octanol–water partition coefficient (Wildman–Crippen LogP) is 2.42. The van der Waals surface area contributed by atoms with Gasteiger partial charge in [-0.3, -0.25) is 14.0 Å². The molecule has 1 aliphatic rings. The lowest BCUT2D eigenvalue weighted by atomic mass is 10.1. The normalized spacial score (nSPS) is 16.8. The van der Waals surface area contributed by atoms with Crippen LogP contribution in [-0.4, -0.2) is 48.0 Å². The number of carbonyl (C=O) groups is 1. The number of carbonyl (C=O) groups excluding carboxylic acids is 1. The fraction of sp³-hybridized carbons (Fsp3) is 0.286. The Morgan fingerprint density at radius 2 is 2.10 bits per heavy atom. The topological polar surface area (TPSA) is 85.4 Å². The van der Waals surface area contributed by atoms with Crippen LogP contribution in [0.5, 0.6) is 0 Å². The second-order valence-corrected chi connectivity index (χ2v) is 8.51. The second-order valence-electron chi connectivity index (χ2n) is 7.41. The van der Waals surface area contributed by atoms with Gasteiger partial charge < -0.3 is 4.90 Å². The van der Waals surface area contributed by atoms with Crippen LogP contribution in [-0.2, 0) is 6.42 Å². The Bertz CT molecular complexity index is 1230. The third-order valence-electron chi connectivity index (χ3n) is 5.40. The standard InChI is InChI=1S/C21H20N6O2S/c28-19(25-8-4-7-16(11-25)27-14-22-13-24-27)18-10-23-21-26(20(18)29)12-17(30-21)9-15-5-2-1-3-6-15/h1-3,5-6,10,12-14,16H,4,7-9,11H2. The van der Waals surface area contributed by atoms with Gasteiger partial charge in [0.2, 0.25) is 0 Å². The molecule has 1 fully saturated rings. The van der Waals surface area contributed by atoms with Crippen molar-refractivity contribution in [3.05, 3.63) is 81.7 Å². The molecule has 1 saturated heterocycles. The van der Waals surface area contributed by atoms with Crippen LogP contribution in [0.3, 0.4) is 0 Å². The first-order valence-electron chi connectivity index (χ1n) is 9.86. The number of thiazole rings is 1. The van der Waals surface area contributed by atoms with Crippen LogP contribution < -0.4 is 5.56 Å². The zero-order chi connectivity index (χ0) is 20.5. The molecule has 152 valence electrons. The van der Waals surface area contributed by atoms with Crippen molar-refractivity contribution in [3.8, 4) is 0 Å². The Balaban J connectivity index is 1.40. The van der Waals surface area contributed by atoms with Crippen molar-refractivity contribution in [2.75, 3.05) is 13.1 Å². The lowest BCUT2D eigenvalue weighted by Crippen LogP contribution is -2.43. The van der Waals surface area contributed by atoms with Crippen molar-refractivity contribution in [1.82, 2.24) is 29.0 Å². The Labute approximate surface area is 176 Å². The van der Waals surface area contributed by atoms with Crippen molar-refractivity contribution < 1.29 is 4.79 Å². The summed E-state index contributed by atoms with van der Waals surface area (Å²) in [4.78, 5) is 37.9. The molecule has 3 aromatic heterocycles. The first-order chi connectivity index (χ1) is 14.7. The third kappa shape index (κ3) is 3.52. The van der Waals surface area contributed by atoms with E-state index in [1.54, 1.807) is 22.1 Å². The largest absolute Gasteiger partial charge is 0.336 e. The lowest BCUT2D eigenvalue weighted by Gasteiger charge is -2.32. The van der Waals surface area contributed by atoms with Gasteiger partial charge in [-0.15, -0.1) is 11.3 Å². The molecular formula is C21H20N6O2S. The Morgan fingerprint density at radius 3 is 2.90 bits per heavy atom. The maximum absolute atomic E-state index is 13.1. The number of hydrogen-bond donors (Lipinski definition) is 0. The Morgan fingerprint density at radius 1 is 1.23 bits per heavy atom. The third-order valence-corrected chi connectivity index (χ3v) is 6.40. The summed E-state index contributed by atoms with van der Waals surface area (Å²) in [6.45, 7) is 1.13. The van der Waals surface area contributed by atoms with E-state index in [4.69, 9.17) is 0 Å². The summed E-state index contributed by atoms with van der Waals surface area (Å²) in [5.41, 5.74) is 0.958. The van der Waals surface area contributed by atoms with Gasteiger partial charge in [0.1, 0.15) is 18.2 Å². The molecule has 0 radical (unpaired) electrons. The molecular weight excluding hydrogens is 400 g/mol. The molecule has 30 heavy (non-hydrogen) atoms. The van der Waals surface area contributed by atoms with E-state index in [-0.39, 0.29) is 23.1 Å². The molecule has 5 rings (SSSR count). The highest BCUT2D eigenvalue weighted by molar-refractivity contribution is 7.17. The highest BCUT2D eigenvalue weighted by atomic mass is 32.1. The van der Waals surface area contributed by atoms with E-state index in [0.717, 1.165) is 24.1 Å². The van der Waals surface area contributed by atoms with Crippen molar-refractivity contribution in [3.63, 3.8) is 0 Å². The van der Waals surface area contributed by atoms with Gasteiger partial charge in [0.15, 0.2) is 4.96 Å². The van der Waals surface area contributed by atoms with Gasteiger partial charge in [0.25, 0.3) is 11.5 Å². The average molecular weight is 420 g/mol. The number of benzene rings is 1. The van der Waals surface area contributed by atoms with Crippen LogP contribution in [0.4, 0.5) is 0 Å². The first kappa shape index (κ1) is 18.7. The summed E-state index contributed by atoms with van der Waals surface area (Å²) in [5, 5.41) is 4.19. The molecule has 0 aliphatic carbocycles. The van der Waals surface area contributed by atoms with Crippen LogP contribution in [0.2, 0.25) is 0 Å². The number of aromatic nitrogens is 5. The van der Waals surface area contributed by atoms with E-state index in [1.165, 1.54) is 33.8 Å². The molecule has 0 bridgehead atoms. The molecule has 0 spiro atoms. The highest BCUT2D eigenvalue weighted by Gasteiger charge is 2.28. The van der Waals surface area contributed by atoms with E-state index in [0.29, 0.717) is 18.1 Å². The monoisotopic (exact) mass is 420 g/mol. The van der Waals surface area contributed by atoms with Gasteiger partial charge in [0.05, 0.1) is 6.04 Å². The summed E-state index contributed by atoms with van der Waals surface area (Å²) in [6.07, 6.45) is 8.89. The summed E-state index contributed by atoms with van der Waals surface area (Å²) in [6, 6.07) is 10.1. The highest BCUT2D eigenvalue weighted by Crippen LogP contribution is 2.22. The van der Waals surface area contributed by atoms with Gasteiger partial charge in [-0.25, -0.2) is 14.6 Å². The molecule has 0 saturated carbocycles. The summed E-state index contributed by atoms with van der Waals surface area (Å²) in [5.74, 6) is -0.275. The fourth-order valence-corrected chi connectivity index (χ4v) is 4.86. The SMILES string of the molecule is O=C(c1cnc2sc(Cc3ccccc3)cn2c1=O)N1CCCC(n2cncn2)C1. The quantitative estimate of drug-likeness (QED) is 0.506. The van der Waals surface area contributed by atoms with Gasteiger partial charge in [-0.2, -0.15) is 5.10 Å². The summed E-state index contributed by atoms with van der Waals surface area (Å²) < 4.78 is 3.28. The van der Waals surface area contributed by atoms with Crippen LogP contribution in [0.25, 0.3) is 4.96 Å². The van der Waals surface area contributed by atoms with E-state index < -0.39 is 0 Å². The van der Waals surface area contributed by atoms with E-state index in [9.17, 15) is 9.59 Å². The minimum Gasteiger partial charge on any atom is -0.336 e. The molecule has 0 N–H and O–H groups in total. The molecule has 1 atom stereocenters. The smallest absolute Gasteiger partial charge is 0.271 e. The molecule has 1 amide bonds. The molecule has 8 nitrogen and oxygen atoms in total. The molecule has 1 aliphatic heterocycles. The number of nitrogens with zero attached hydrogens (tertiary/aromatic N) is 6. The van der Waals surface area contributed by atoms with Crippen LogP contribution in [0, 0.1) is 0 Å². The number of fused-ring (bicyclic) bond motifs is 1. The van der Waals surface area contributed by atoms with Crippen molar-refractivity contribution >= 4 is 22.2 Å². The first-order valence-corrected chi connectivity index (χ1v) is 10.7. The number of hydrogen-bond acceptors (Lipinski definition) is 6. The van der Waals surface area contributed by atoms with Crippen LogP contribution in [0.15, 0.2) is 60.2 Å². The summed E-state index contributed by atoms with van der Waals surface area (Å²) in [7, 11) is 0. The minimum absolute atomic E-state index is 0.0725. The second kappa shape index (κ2) is 7.83. The molecule has 1 unspecified atom stereocenters. The average Bonchev–Trinajstić information content (AvgIpc) is 3.45. The molecule has 1 aromatic carbocycles. The minimum atomic E-state index is -0.316. The van der Waals surface area contributed by atoms with Crippen molar-refractivity contribution in [1.29, 1.82) is 0 Å². The number of amides is 1. The van der Waals surface area contributed by atoms with E-state index >= 15 is 0 Å². The molecule has 4 heterocycles.